The summed E-state index contributed by atoms with van der Waals surface area (Å²) in [5, 5.41) is 10.3. The van der Waals surface area contributed by atoms with Crippen molar-refractivity contribution < 1.29 is 5.11 Å². The van der Waals surface area contributed by atoms with Crippen LogP contribution in [0.25, 0.3) is 0 Å². The number of likely N-dealkylation sites (tertiary alicyclic amines) is 1. The van der Waals surface area contributed by atoms with E-state index in [1.165, 1.54) is 12.0 Å². The molecular formula is C16H25NO. The zero-order valence-corrected chi connectivity index (χ0v) is 11.8. The van der Waals surface area contributed by atoms with E-state index in [9.17, 15) is 5.11 Å². The summed E-state index contributed by atoms with van der Waals surface area (Å²) >= 11 is 0. The Morgan fingerprint density at radius 2 is 2.17 bits per heavy atom. The van der Waals surface area contributed by atoms with Crippen molar-refractivity contribution in [1.29, 1.82) is 0 Å². The SMILES string of the molecule is Cc1cccc(C(O)CN2CCC(C(C)C)C2)c1. The van der Waals surface area contributed by atoms with Crippen molar-refractivity contribution in [3.8, 4) is 0 Å². The van der Waals surface area contributed by atoms with Gasteiger partial charge >= 0.3 is 0 Å². The first-order valence-electron chi connectivity index (χ1n) is 7.03. The second kappa shape index (κ2) is 5.85. The normalized spacial score (nSPS) is 22.6. The average molecular weight is 247 g/mol. The zero-order valence-electron chi connectivity index (χ0n) is 11.8. The van der Waals surface area contributed by atoms with Crippen LogP contribution in [0.15, 0.2) is 24.3 Å². The highest BCUT2D eigenvalue weighted by Crippen LogP contribution is 2.25. The van der Waals surface area contributed by atoms with Gasteiger partial charge in [-0.15, -0.1) is 0 Å². The van der Waals surface area contributed by atoms with E-state index in [0.717, 1.165) is 37.0 Å². The fourth-order valence-electron chi connectivity index (χ4n) is 2.80. The largest absolute Gasteiger partial charge is 0.387 e. The number of aryl methyl sites for hydroxylation is 1. The Labute approximate surface area is 111 Å². The van der Waals surface area contributed by atoms with E-state index < -0.39 is 0 Å². The molecule has 0 amide bonds. The number of aliphatic hydroxyl groups excluding tert-OH is 1. The average Bonchev–Trinajstić information content (AvgIpc) is 2.77. The van der Waals surface area contributed by atoms with Crippen molar-refractivity contribution in [3.05, 3.63) is 35.4 Å². The Balaban J connectivity index is 1.90. The van der Waals surface area contributed by atoms with Crippen molar-refractivity contribution in [2.75, 3.05) is 19.6 Å². The number of hydrogen-bond donors (Lipinski definition) is 1. The van der Waals surface area contributed by atoms with E-state index in [-0.39, 0.29) is 6.10 Å². The van der Waals surface area contributed by atoms with E-state index in [2.05, 4.69) is 37.8 Å². The molecule has 0 aliphatic carbocycles. The molecule has 1 aromatic carbocycles. The standard InChI is InChI=1S/C16H25NO/c1-12(2)15-7-8-17(10-15)11-16(18)14-6-4-5-13(3)9-14/h4-6,9,12,15-16,18H,7-8,10-11H2,1-3H3. The molecule has 0 bridgehead atoms. The van der Waals surface area contributed by atoms with Crippen LogP contribution in [0.2, 0.25) is 0 Å². The van der Waals surface area contributed by atoms with Crippen molar-refractivity contribution in [3.63, 3.8) is 0 Å². The highest BCUT2D eigenvalue weighted by molar-refractivity contribution is 5.24. The molecule has 18 heavy (non-hydrogen) atoms. The summed E-state index contributed by atoms with van der Waals surface area (Å²) in [6, 6.07) is 8.20. The molecule has 1 fully saturated rings. The molecule has 1 N–H and O–H groups in total. The first kappa shape index (κ1) is 13.6. The molecule has 1 aliphatic rings. The molecule has 0 spiro atoms. The summed E-state index contributed by atoms with van der Waals surface area (Å²) in [5.74, 6) is 1.56. The van der Waals surface area contributed by atoms with Crippen LogP contribution >= 0.6 is 0 Å². The predicted octanol–water partition coefficient (Wildman–Crippen LogP) is 3.01. The van der Waals surface area contributed by atoms with E-state index in [4.69, 9.17) is 0 Å². The third-order valence-corrected chi connectivity index (χ3v) is 4.11. The van der Waals surface area contributed by atoms with Gasteiger partial charge in [-0.1, -0.05) is 43.7 Å². The lowest BCUT2D eigenvalue weighted by Gasteiger charge is -2.21. The zero-order chi connectivity index (χ0) is 13.1. The molecular weight excluding hydrogens is 222 g/mol. The summed E-state index contributed by atoms with van der Waals surface area (Å²) in [6.45, 7) is 9.70. The molecule has 2 rings (SSSR count). The molecule has 1 aliphatic heterocycles. The minimum absolute atomic E-state index is 0.351. The lowest BCUT2D eigenvalue weighted by atomic mass is 9.95. The molecule has 100 valence electrons. The molecule has 0 saturated carbocycles. The smallest absolute Gasteiger partial charge is 0.0917 e. The summed E-state index contributed by atoms with van der Waals surface area (Å²) in [7, 11) is 0. The molecule has 2 nitrogen and oxygen atoms in total. The number of nitrogens with zero attached hydrogens (tertiary/aromatic N) is 1. The van der Waals surface area contributed by atoms with Gasteiger partial charge in [-0.05, 0) is 37.3 Å². The van der Waals surface area contributed by atoms with Crippen LogP contribution in [0.1, 0.15) is 37.5 Å². The topological polar surface area (TPSA) is 23.5 Å². The van der Waals surface area contributed by atoms with Gasteiger partial charge in [-0.3, -0.25) is 0 Å². The lowest BCUT2D eigenvalue weighted by Crippen LogP contribution is -2.27. The molecule has 1 saturated heterocycles. The molecule has 0 aromatic heterocycles. The van der Waals surface area contributed by atoms with Crippen molar-refractivity contribution in [2.24, 2.45) is 11.8 Å². The van der Waals surface area contributed by atoms with Gasteiger partial charge in [-0.25, -0.2) is 0 Å². The van der Waals surface area contributed by atoms with Crippen LogP contribution in [0, 0.1) is 18.8 Å². The third-order valence-electron chi connectivity index (χ3n) is 4.11. The van der Waals surface area contributed by atoms with Crippen LogP contribution in [0.4, 0.5) is 0 Å². The van der Waals surface area contributed by atoms with Gasteiger partial charge in [0, 0.05) is 13.1 Å². The summed E-state index contributed by atoms with van der Waals surface area (Å²) in [4.78, 5) is 2.40. The Bertz CT molecular complexity index is 388. The fraction of sp³-hybridized carbons (Fsp3) is 0.625. The number of rotatable bonds is 4. The molecule has 2 heteroatoms. The van der Waals surface area contributed by atoms with Gasteiger partial charge < -0.3 is 10.0 Å². The first-order chi connectivity index (χ1) is 8.56. The molecule has 2 atom stereocenters. The molecule has 1 aromatic rings. The summed E-state index contributed by atoms with van der Waals surface area (Å²) in [5.41, 5.74) is 2.26. The maximum Gasteiger partial charge on any atom is 0.0917 e. The van der Waals surface area contributed by atoms with Crippen molar-refractivity contribution in [2.45, 2.75) is 33.3 Å². The van der Waals surface area contributed by atoms with Crippen LogP contribution in [-0.4, -0.2) is 29.6 Å². The number of β-amino-alcohol motifs (C(OH)–C–C–N with tert-alkyl or cyclic N) is 1. The third kappa shape index (κ3) is 3.33. The van der Waals surface area contributed by atoms with Gasteiger partial charge in [-0.2, -0.15) is 0 Å². The van der Waals surface area contributed by atoms with Gasteiger partial charge in [0.1, 0.15) is 0 Å². The van der Waals surface area contributed by atoms with Crippen molar-refractivity contribution in [1.82, 2.24) is 4.90 Å². The van der Waals surface area contributed by atoms with E-state index in [0.29, 0.717) is 0 Å². The minimum atomic E-state index is -0.351. The van der Waals surface area contributed by atoms with Crippen LogP contribution in [0.3, 0.4) is 0 Å². The fourth-order valence-corrected chi connectivity index (χ4v) is 2.80. The van der Waals surface area contributed by atoms with Gasteiger partial charge in [0.15, 0.2) is 0 Å². The monoisotopic (exact) mass is 247 g/mol. The highest BCUT2D eigenvalue weighted by Gasteiger charge is 2.26. The Morgan fingerprint density at radius 3 is 2.78 bits per heavy atom. The Kier molecular flexibility index (Phi) is 4.41. The van der Waals surface area contributed by atoms with Gasteiger partial charge in [0.25, 0.3) is 0 Å². The summed E-state index contributed by atoms with van der Waals surface area (Å²) < 4.78 is 0. The Morgan fingerprint density at radius 1 is 1.39 bits per heavy atom. The predicted molar refractivity (Wildman–Crippen MR) is 75.5 cm³/mol. The van der Waals surface area contributed by atoms with Crippen LogP contribution < -0.4 is 0 Å². The number of aliphatic hydroxyl groups is 1. The molecule has 0 radical (unpaired) electrons. The summed E-state index contributed by atoms with van der Waals surface area (Å²) in [6.07, 6.45) is 0.925. The van der Waals surface area contributed by atoms with Crippen LogP contribution in [-0.2, 0) is 0 Å². The minimum Gasteiger partial charge on any atom is -0.387 e. The number of hydrogen-bond acceptors (Lipinski definition) is 2. The number of benzene rings is 1. The van der Waals surface area contributed by atoms with E-state index in [1.807, 2.05) is 12.1 Å². The quantitative estimate of drug-likeness (QED) is 0.884. The van der Waals surface area contributed by atoms with Gasteiger partial charge in [0.2, 0.25) is 0 Å². The lowest BCUT2D eigenvalue weighted by molar-refractivity contribution is 0.122. The Hall–Kier alpha value is -0.860. The van der Waals surface area contributed by atoms with Crippen molar-refractivity contribution >= 4 is 0 Å². The maximum absolute atomic E-state index is 10.3. The van der Waals surface area contributed by atoms with Gasteiger partial charge in [0.05, 0.1) is 6.10 Å². The van der Waals surface area contributed by atoms with E-state index in [1.54, 1.807) is 0 Å². The second-order valence-electron chi connectivity index (χ2n) is 5.98. The molecule has 1 heterocycles. The first-order valence-corrected chi connectivity index (χ1v) is 7.03. The maximum atomic E-state index is 10.3. The second-order valence-corrected chi connectivity index (χ2v) is 5.98. The van der Waals surface area contributed by atoms with E-state index >= 15 is 0 Å². The molecule has 2 unspecified atom stereocenters. The highest BCUT2D eigenvalue weighted by atomic mass is 16.3. The van der Waals surface area contributed by atoms with Crippen LogP contribution in [0.5, 0.6) is 0 Å².